The maximum Gasteiger partial charge on any atom is 0.435 e. The van der Waals surface area contributed by atoms with Crippen LogP contribution in [-0.2, 0) is 11.3 Å². The molecule has 118 valence electrons. The maximum absolute atomic E-state index is 12.3. The zero-order valence-corrected chi connectivity index (χ0v) is 12.6. The Morgan fingerprint density at radius 1 is 1.21 bits per heavy atom. The number of carbonyl (C=O) groups excluding carboxylic acids is 1. The van der Waals surface area contributed by atoms with E-state index in [-0.39, 0.29) is 12.4 Å². The third-order valence-corrected chi connectivity index (χ3v) is 3.42. The van der Waals surface area contributed by atoms with Crippen molar-refractivity contribution in [2.24, 2.45) is 0 Å². The van der Waals surface area contributed by atoms with E-state index in [1.54, 1.807) is 6.07 Å². The Morgan fingerprint density at radius 3 is 2.75 bits per heavy atom. The van der Waals surface area contributed by atoms with Gasteiger partial charge in [-0.15, -0.1) is 0 Å². The van der Waals surface area contributed by atoms with Crippen molar-refractivity contribution in [3.63, 3.8) is 0 Å². The lowest BCUT2D eigenvalue weighted by Crippen LogP contribution is -2.16. The summed E-state index contributed by atoms with van der Waals surface area (Å²) in [6.45, 7) is 0.114. The lowest BCUT2D eigenvalue weighted by atomic mass is 10.1. The Hall–Kier alpha value is -3.59. The number of benzene rings is 2. The van der Waals surface area contributed by atoms with Gasteiger partial charge in [-0.3, -0.25) is 0 Å². The smallest absolute Gasteiger partial charge is 0.435 e. The van der Waals surface area contributed by atoms with E-state index in [0.29, 0.717) is 16.8 Å². The molecule has 1 N–H and O–H groups in total. The second-order valence-electron chi connectivity index (χ2n) is 5.01. The predicted octanol–water partition coefficient (Wildman–Crippen LogP) is 3.31. The summed E-state index contributed by atoms with van der Waals surface area (Å²) < 4.78 is 6.30. The first-order valence-corrected chi connectivity index (χ1v) is 7.17. The van der Waals surface area contributed by atoms with E-state index >= 15 is 0 Å². The molecule has 0 radical (unpaired) electrons. The van der Waals surface area contributed by atoms with Crippen LogP contribution in [0.1, 0.15) is 11.1 Å². The summed E-state index contributed by atoms with van der Waals surface area (Å²) in [6.07, 6.45) is 0.762. The molecule has 24 heavy (non-hydrogen) atoms. The van der Waals surface area contributed by atoms with E-state index in [2.05, 4.69) is 5.10 Å². The molecule has 0 fully saturated rings. The molecule has 0 bridgehead atoms. The summed E-state index contributed by atoms with van der Waals surface area (Å²) in [5.74, 6) is -0.0494. The molecule has 0 aliphatic rings. The highest BCUT2D eigenvalue weighted by Crippen LogP contribution is 2.29. The summed E-state index contributed by atoms with van der Waals surface area (Å²) in [5.41, 5.74) is 1.91. The first-order chi connectivity index (χ1) is 11.7. The molecule has 0 aliphatic heterocycles. The number of carbonyl (C=O) groups is 1. The van der Waals surface area contributed by atoms with Crippen LogP contribution in [0.5, 0.6) is 5.75 Å². The lowest BCUT2D eigenvalue weighted by molar-refractivity contribution is 0.138. The molecular weight excluding hydrogens is 306 g/mol. The highest BCUT2D eigenvalue weighted by Gasteiger charge is 2.17. The van der Waals surface area contributed by atoms with Crippen molar-refractivity contribution in [3.05, 3.63) is 71.9 Å². The fourth-order valence-corrected chi connectivity index (χ4v) is 2.24. The van der Waals surface area contributed by atoms with Gasteiger partial charge in [-0.05, 0) is 29.8 Å². The Labute approximate surface area is 138 Å². The van der Waals surface area contributed by atoms with E-state index < -0.39 is 6.09 Å². The number of aromatic hydroxyl groups is 1. The molecule has 6 heteroatoms. The molecule has 3 rings (SSSR count). The van der Waals surface area contributed by atoms with Crippen molar-refractivity contribution in [1.29, 1.82) is 5.26 Å². The molecule has 2 aromatic carbocycles. The van der Waals surface area contributed by atoms with Crippen LogP contribution in [-0.4, -0.2) is 21.0 Å². The highest BCUT2D eigenvalue weighted by atomic mass is 16.6. The monoisotopic (exact) mass is 319 g/mol. The SMILES string of the molecule is N#Cc1ccc(O)c(-c2ccnn2C(=O)OCc2ccccc2)c1. The first-order valence-electron chi connectivity index (χ1n) is 7.17. The Balaban J connectivity index is 1.85. The molecule has 0 amide bonds. The minimum Gasteiger partial charge on any atom is -0.507 e. The van der Waals surface area contributed by atoms with Gasteiger partial charge in [0.05, 0.1) is 23.5 Å². The van der Waals surface area contributed by atoms with Gasteiger partial charge < -0.3 is 9.84 Å². The standard InChI is InChI=1S/C18H13N3O3/c19-11-14-6-7-17(22)15(10-14)16-8-9-20-21(16)18(23)24-12-13-4-2-1-3-5-13/h1-10,22H,12H2. The Morgan fingerprint density at radius 2 is 2.00 bits per heavy atom. The van der Waals surface area contributed by atoms with E-state index in [1.165, 1.54) is 24.4 Å². The van der Waals surface area contributed by atoms with Gasteiger partial charge in [0.2, 0.25) is 0 Å². The van der Waals surface area contributed by atoms with E-state index in [9.17, 15) is 9.90 Å². The third-order valence-electron chi connectivity index (χ3n) is 3.42. The average Bonchev–Trinajstić information content (AvgIpc) is 3.10. The minimum atomic E-state index is -0.666. The van der Waals surface area contributed by atoms with Crippen LogP contribution in [0.3, 0.4) is 0 Å². The number of rotatable bonds is 3. The van der Waals surface area contributed by atoms with Crippen LogP contribution < -0.4 is 0 Å². The van der Waals surface area contributed by atoms with Crippen LogP contribution in [0.4, 0.5) is 4.79 Å². The molecular formula is C18H13N3O3. The van der Waals surface area contributed by atoms with Gasteiger partial charge in [-0.25, -0.2) is 4.79 Å². The number of ether oxygens (including phenoxy) is 1. The number of hydrogen-bond acceptors (Lipinski definition) is 5. The number of nitriles is 1. The summed E-state index contributed by atoms with van der Waals surface area (Å²) >= 11 is 0. The summed E-state index contributed by atoms with van der Waals surface area (Å²) in [4.78, 5) is 12.3. The normalized spacial score (nSPS) is 10.1. The molecule has 3 aromatic rings. The first kappa shape index (κ1) is 15.3. The molecule has 6 nitrogen and oxygen atoms in total. The molecule has 0 saturated heterocycles. The average molecular weight is 319 g/mol. The number of aromatic nitrogens is 2. The van der Waals surface area contributed by atoms with Gasteiger partial charge in [0.15, 0.2) is 0 Å². The van der Waals surface area contributed by atoms with Crippen molar-refractivity contribution in [1.82, 2.24) is 9.78 Å². The zero-order chi connectivity index (χ0) is 16.9. The molecule has 0 atom stereocenters. The second-order valence-corrected chi connectivity index (χ2v) is 5.01. The van der Waals surface area contributed by atoms with Crippen LogP contribution in [0, 0.1) is 11.3 Å². The van der Waals surface area contributed by atoms with E-state index in [4.69, 9.17) is 10.00 Å². The third kappa shape index (κ3) is 3.10. The number of hydrogen-bond donors (Lipinski definition) is 1. The quantitative estimate of drug-likeness (QED) is 0.800. The van der Waals surface area contributed by atoms with Crippen molar-refractivity contribution < 1.29 is 14.6 Å². The summed E-state index contributed by atoms with van der Waals surface area (Å²) in [7, 11) is 0. The van der Waals surface area contributed by atoms with Crippen LogP contribution in [0.2, 0.25) is 0 Å². The van der Waals surface area contributed by atoms with E-state index in [1.807, 2.05) is 36.4 Å². The van der Waals surface area contributed by atoms with Crippen molar-refractivity contribution >= 4 is 6.09 Å². The van der Waals surface area contributed by atoms with E-state index in [0.717, 1.165) is 10.2 Å². The van der Waals surface area contributed by atoms with Gasteiger partial charge in [0.25, 0.3) is 0 Å². The fraction of sp³-hybridized carbons (Fsp3) is 0.0556. The van der Waals surface area contributed by atoms with Gasteiger partial charge >= 0.3 is 6.09 Å². The molecule has 0 unspecified atom stereocenters. The van der Waals surface area contributed by atoms with Gasteiger partial charge in [0, 0.05) is 5.56 Å². The zero-order valence-electron chi connectivity index (χ0n) is 12.6. The number of nitrogens with zero attached hydrogens (tertiary/aromatic N) is 3. The predicted molar refractivity (Wildman–Crippen MR) is 86.1 cm³/mol. The van der Waals surface area contributed by atoms with Crippen molar-refractivity contribution in [2.45, 2.75) is 6.61 Å². The minimum absolute atomic E-state index is 0.0494. The van der Waals surface area contributed by atoms with Gasteiger partial charge in [-0.1, -0.05) is 30.3 Å². The molecule has 1 heterocycles. The van der Waals surface area contributed by atoms with Crippen LogP contribution in [0.15, 0.2) is 60.8 Å². The largest absolute Gasteiger partial charge is 0.507 e. The Kier molecular flexibility index (Phi) is 4.25. The lowest BCUT2D eigenvalue weighted by Gasteiger charge is -2.09. The molecule has 0 aliphatic carbocycles. The topological polar surface area (TPSA) is 88.1 Å². The molecule has 0 saturated carbocycles. The second kappa shape index (κ2) is 6.67. The Bertz CT molecular complexity index is 911. The summed E-state index contributed by atoms with van der Waals surface area (Å²) in [6, 6.07) is 17.2. The van der Waals surface area contributed by atoms with Crippen molar-refractivity contribution in [3.8, 4) is 23.1 Å². The molecule has 0 spiro atoms. The number of phenolic OH excluding ortho intramolecular Hbond substituents is 1. The summed E-state index contributed by atoms with van der Waals surface area (Å²) in [5, 5.41) is 23.0. The van der Waals surface area contributed by atoms with Crippen LogP contribution >= 0.6 is 0 Å². The van der Waals surface area contributed by atoms with Gasteiger partial charge in [-0.2, -0.15) is 15.0 Å². The van der Waals surface area contributed by atoms with Gasteiger partial charge in [0.1, 0.15) is 12.4 Å². The van der Waals surface area contributed by atoms with Crippen molar-refractivity contribution in [2.75, 3.05) is 0 Å². The molecule has 1 aromatic heterocycles. The maximum atomic E-state index is 12.3. The number of phenols is 1. The highest BCUT2D eigenvalue weighted by molar-refractivity contribution is 5.79. The fourth-order valence-electron chi connectivity index (χ4n) is 2.24. The van der Waals surface area contributed by atoms with Crippen LogP contribution in [0.25, 0.3) is 11.3 Å².